The largest absolute Gasteiger partial charge is 0.240 e. The van der Waals surface area contributed by atoms with Crippen molar-refractivity contribution in [1.29, 1.82) is 0 Å². The fraction of sp³-hybridized carbons (Fsp3) is 0.391. The molecule has 6 aromatic carbocycles. The Bertz CT molecular complexity index is 8440. The van der Waals surface area contributed by atoms with Crippen LogP contribution < -0.4 is 0 Å². The lowest BCUT2D eigenvalue weighted by atomic mass is 9.84. The first kappa shape index (κ1) is 107. The SMILES string of the molecule is Cc1cc(-c2c(C)c3c(C)c(C(C)(C)C)sc3c3c(-c4ccc(C)s4)c(C)c4c(C)c(C(C)(C)C)sc4c23)cs1.Cc1ccc(-c2c(C)c3c4sc(C(C)(C)C)c(C)c4c(-c4ccc(C)s4)c(C)c3c3sc(C(C)(C)C)c(C)c23)s1.Cc1ccc(-c2c3nc(C(C)(C)C)sc3c(-c3ccc(C)s3)c3nc(C(C)(C)C)sc23)s1.Cc1ccc(-c2c3sc(C(C)(C)C)c(C)c3c(-c3ccc(C)s3)c3sc(C(C)(C)C)c(C)c23)s1. The number of hydrogen-bond acceptors (Lipinski definition) is 18. The zero-order valence-corrected chi connectivity index (χ0v) is 107. The molecule has 0 unspecified atom stereocenters. The van der Waals surface area contributed by atoms with Gasteiger partial charge in [0.1, 0.15) is 0 Å². The second kappa shape index (κ2) is 38.0. The van der Waals surface area contributed by atoms with Crippen LogP contribution in [0, 0.1) is 125 Å². The van der Waals surface area contributed by atoms with Gasteiger partial charge in [-0.25, -0.2) is 9.97 Å². The number of rotatable bonds is 8. The second-order valence-corrected chi connectivity index (χ2v) is 67.5. The van der Waals surface area contributed by atoms with Crippen LogP contribution in [0.25, 0.3) is 187 Å². The Labute approximate surface area is 932 Å². The third-order valence-corrected chi connectivity index (χ3v) is 50.1. The first-order chi connectivity index (χ1) is 67.9. The zero-order valence-electron chi connectivity index (χ0n) is 93.7. The number of aryl methyl sites for hydroxylation is 18. The van der Waals surface area contributed by atoms with Crippen LogP contribution in [0.3, 0.4) is 0 Å². The lowest BCUT2D eigenvalue weighted by Crippen LogP contribution is -2.10. The van der Waals surface area contributed by atoms with Crippen molar-refractivity contribution < 1.29 is 0 Å². The van der Waals surface area contributed by atoms with Gasteiger partial charge in [-0.05, 0) is 331 Å². The van der Waals surface area contributed by atoms with E-state index in [1.54, 1.807) is 0 Å². The van der Waals surface area contributed by atoms with Gasteiger partial charge in [0.25, 0.3) is 0 Å². The summed E-state index contributed by atoms with van der Waals surface area (Å²) in [6, 6.07) is 34.6. The number of thiophene rings is 14. The van der Waals surface area contributed by atoms with Gasteiger partial charge in [0.05, 0.1) is 30.4 Å². The quantitative estimate of drug-likeness (QED) is 0.152. The molecule has 0 fully saturated rings. The lowest BCUT2D eigenvalue weighted by molar-refractivity contribution is 0.587. The number of hydrogen-bond donors (Lipinski definition) is 0. The molecule has 0 saturated heterocycles. The molecule has 22 aromatic rings. The molecular formula is C128H142N2S16. The van der Waals surface area contributed by atoms with Crippen molar-refractivity contribution in [3.8, 4) is 84.2 Å². The maximum absolute atomic E-state index is 5.29. The fourth-order valence-electron chi connectivity index (χ4n) is 22.6. The first-order valence-corrected chi connectivity index (χ1v) is 64.3. The number of fused-ring (bicyclic) bond motifs is 14. The average Bonchev–Trinajstić information content (AvgIpc) is 1.52. The molecule has 0 aliphatic rings. The monoisotopic (exact) mass is 2220 g/mol. The number of thiazole rings is 2. The van der Waals surface area contributed by atoms with E-state index >= 15 is 0 Å². The summed E-state index contributed by atoms with van der Waals surface area (Å²) < 4.78 is 11.4. The van der Waals surface area contributed by atoms with Gasteiger partial charge in [-0.2, -0.15) is 0 Å². The molecule has 22 rings (SSSR count). The Hall–Kier alpha value is -7.02. The molecule has 0 amide bonds. The maximum atomic E-state index is 5.29. The molecule has 0 radical (unpaired) electrons. The summed E-state index contributed by atoms with van der Waals surface area (Å²) in [6.45, 7) is 97.7. The van der Waals surface area contributed by atoms with E-state index in [0.717, 1.165) is 11.0 Å². The molecule has 16 heterocycles. The molecule has 146 heavy (non-hydrogen) atoms. The van der Waals surface area contributed by atoms with Crippen molar-refractivity contribution in [3.63, 3.8) is 0 Å². The summed E-state index contributed by atoms with van der Waals surface area (Å²) in [6.07, 6.45) is 0. The van der Waals surface area contributed by atoms with E-state index in [9.17, 15) is 0 Å². The van der Waals surface area contributed by atoms with Gasteiger partial charge in [-0.15, -0.1) is 181 Å². The van der Waals surface area contributed by atoms with Gasteiger partial charge in [-0.1, -0.05) is 166 Å². The van der Waals surface area contributed by atoms with Crippen LogP contribution in [-0.4, -0.2) is 9.97 Å². The summed E-state index contributed by atoms with van der Waals surface area (Å²) in [5, 5.41) is 19.5. The number of aromatic nitrogens is 2. The third-order valence-electron chi connectivity index (χ3n) is 28.7. The van der Waals surface area contributed by atoms with Crippen LogP contribution in [0.5, 0.6) is 0 Å². The minimum absolute atomic E-state index is 0.00633. The van der Waals surface area contributed by atoms with Crippen LogP contribution in [0.4, 0.5) is 0 Å². The molecule has 0 aliphatic heterocycles. The minimum Gasteiger partial charge on any atom is -0.240 e. The van der Waals surface area contributed by atoms with Crippen molar-refractivity contribution in [3.05, 3.63) is 230 Å². The van der Waals surface area contributed by atoms with E-state index in [-0.39, 0.29) is 43.3 Å². The molecule has 0 N–H and O–H groups in total. The predicted octanol–water partition coefficient (Wildman–Crippen LogP) is 47.3. The maximum Gasteiger partial charge on any atom is 0.0992 e. The molecule has 0 bridgehead atoms. The van der Waals surface area contributed by atoms with Crippen molar-refractivity contribution >= 4 is 284 Å². The van der Waals surface area contributed by atoms with Gasteiger partial charge >= 0.3 is 0 Å². The van der Waals surface area contributed by atoms with Crippen LogP contribution in [-0.2, 0) is 43.3 Å². The standard InChI is InChI=1S/2C36H40S4.C30H34S4.C26H28N2S4/c1-17-13-15-23(37-17)25-19(3)27-28(31-29(25)21(5)33(39-31)35(7,8)9)20(4)26(24-16-14-18(2)38-24)30-22(6)34(36(10,11)12)40-32(27)30;1-17-13-14-24(38-17)28-20(4)26-22(6)34(36(10,11)12)39-31(26)29-27(23-15-18(2)37-16-23)19(3)25-21(5)33(35(7,8)9)40-32(25)30(28)29;1-15-11-13-19(31-15)23-21-17(3)27(29(5,6)7)34-26(21)24(20-14-12-16(2)32-20)22-18(4)28(30(8,9)10)33-25(22)23;1-13-9-11-15(29-13)17-19-22(32-23(27-19)25(3,4)5)18(16-12-10-14(2)30-16)20-21(17)31-24(28-20)26(6,7)8/h2*13-16H,1-12H3;11-14H,1-10H3;9-12H,1-8H3. The highest BCUT2D eigenvalue weighted by atomic mass is 32.2. The van der Waals surface area contributed by atoms with Gasteiger partial charge in [-0.3, -0.25) is 0 Å². The van der Waals surface area contributed by atoms with Crippen LogP contribution in [0.1, 0.15) is 300 Å². The van der Waals surface area contributed by atoms with Crippen molar-refractivity contribution in [2.75, 3.05) is 0 Å². The highest BCUT2D eigenvalue weighted by Crippen LogP contribution is 2.63. The van der Waals surface area contributed by atoms with E-state index in [4.69, 9.17) is 9.97 Å². The molecule has 760 valence electrons. The van der Waals surface area contributed by atoms with E-state index in [0.29, 0.717) is 0 Å². The van der Waals surface area contributed by atoms with Crippen molar-refractivity contribution in [1.82, 2.24) is 9.97 Å². The summed E-state index contributed by atoms with van der Waals surface area (Å²) in [5.74, 6) is 0. The van der Waals surface area contributed by atoms with Crippen LogP contribution in [0.15, 0.2) is 96.4 Å². The summed E-state index contributed by atoms with van der Waals surface area (Å²) in [7, 11) is 0. The van der Waals surface area contributed by atoms with E-state index in [2.05, 4.69) is 387 Å². The Balaban J connectivity index is 0.000000123. The molecule has 2 nitrogen and oxygen atoms in total. The van der Waals surface area contributed by atoms with E-state index in [1.165, 1.54) is 310 Å². The molecule has 0 spiro atoms. The first-order valence-electron chi connectivity index (χ1n) is 51.2. The van der Waals surface area contributed by atoms with Crippen LogP contribution in [0.2, 0.25) is 0 Å². The van der Waals surface area contributed by atoms with Crippen molar-refractivity contribution in [2.24, 2.45) is 0 Å². The predicted molar refractivity (Wildman–Crippen MR) is 681 cm³/mol. The Morgan fingerprint density at radius 1 is 0.171 bits per heavy atom. The highest BCUT2D eigenvalue weighted by molar-refractivity contribution is 7.27. The second-order valence-electron chi connectivity index (χ2n) is 49.3. The number of benzene rings is 6. The number of nitrogens with zero attached hydrogens (tertiary/aromatic N) is 2. The van der Waals surface area contributed by atoms with E-state index < -0.39 is 0 Å². The molecule has 16 aromatic heterocycles. The van der Waals surface area contributed by atoms with E-state index in [1.807, 2.05) is 181 Å². The van der Waals surface area contributed by atoms with Gasteiger partial charge in [0.15, 0.2) is 0 Å². The smallest absolute Gasteiger partial charge is 0.0992 e. The lowest BCUT2D eigenvalue weighted by Gasteiger charge is -2.19. The Morgan fingerprint density at radius 2 is 0.384 bits per heavy atom. The summed E-state index contributed by atoms with van der Waals surface area (Å²) in [5.41, 5.74) is 30.1. The minimum atomic E-state index is 0.00633. The Kier molecular flexibility index (Phi) is 28.0. The molecule has 18 heteroatoms. The zero-order chi connectivity index (χ0) is 106. The highest BCUT2D eigenvalue weighted by Gasteiger charge is 2.39. The normalized spacial score (nSPS) is 13.0. The van der Waals surface area contributed by atoms with Gasteiger partial charge in [0.2, 0.25) is 0 Å². The third kappa shape index (κ3) is 18.6. The molecule has 0 atom stereocenters. The van der Waals surface area contributed by atoms with Crippen molar-refractivity contribution in [2.45, 2.75) is 334 Å². The Morgan fingerprint density at radius 3 is 0.623 bits per heavy atom. The molecule has 0 aliphatic carbocycles. The topological polar surface area (TPSA) is 25.8 Å². The summed E-state index contributed by atoms with van der Waals surface area (Å²) in [4.78, 5) is 40.1. The van der Waals surface area contributed by atoms with Crippen LogP contribution >= 0.6 is 181 Å². The summed E-state index contributed by atoms with van der Waals surface area (Å²) >= 11 is 31.2. The molecule has 0 saturated carbocycles. The fourth-order valence-corrected chi connectivity index (χ4v) is 41.3. The van der Waals surface area contributed by atoms with Gasteiger partial charge in [0, 0.05) is 223 Å². The average molecular weight is 2220 g/mol. The van der Waals surface area contributed by atoms with Gasteiger partial charge < -0.3 is 0 Å². The molecular weight excluding hydrogens is 2080 g/mol.